The molecule has 0 aromatic heterocycles. The Bertz CT molecular complexity index is 423. The summed E-state index contributed by atoms with van der Waals surface area (Å²) < 4.78 is 78.4. The maximum atomic E-state index is 12.7. The van der Waals surface area contributed by atoms with Crippen LogP contribution in [0.4, 0.5) is 26.3 Å². The van der Waals surface area contributed by atoms with Crippen LogP contribution in [0.5, 0.6) is 0 Å². The quantitative estimate of drug-likeness (QED) is 0.769. The fourth-order valence-electron chi connectivity index (χ4n) is 1.96. The smallest absolute Gasteiger partial charge is 0.471 e. The lowest BCUT2D eigenvalue weighted by molar-refractivity contribution is -0.313. The van der Waals surface area contributed by atoms with Gasteiger partial charge in [0.1, 0.15) is 5.54 Å². The summed E-state index contributed by atoms with van der Waals surface area (Å²) in [4.78, 5) is 21.6. The number of hydrogen-bond donors (Lipinski definition) is 2. The number of methoxy groups -OCH3 is 1. The van der Waals surface area contributed by atoms with E-state index in [2.05, 4.69) is 4.74 Å². The number of amides is 1. The van der Waals surface area contributed by atoms with Gasteiger partial charge in [-0.1, -0.05) is 0 Å². The molecule has 116 valence electrons. The molecule has 1 amide bonds. The average Bonchev–Trinajstić information content (AvgIpc) is 2.18. The topological polar surface area (TPSA) is 75.6 Å². The van der Waals surface area contributed by atoms with E-state index < -0.39 is 48.2 Å². The number of alkyl halides is 6. The van der Waals surface area contributed by atoms with E-state index in [1.807, 2.05) is 0 Å². The molecule has 11 heteroatoms. The summed E-state index contributed by atoms with van der Waals surface area (Å²) in [6.07, 6.45) is -13.0. The van der Waals surface area contributed by atoms with Crippen LogP contribution >= 0.6 is 0 Å². The second kappa shape index (κ2) is 4.50. The van der Waals surface area contributed by atoms with Gasteiger partial charge in [-0.15, -0.1) is 0 Å². The Hall–Kier alpha value is -1.52. The Morgan fingerprint density at radius 3 is 1.85 bits per heavy atom. The number of carboxylic acids is 1. The minimum absolute atomic E-state index is 0.658. The number of ether oxygens (including phenoxy) is 1. The third kappa shape index (κ3) is 2.53. The number of nitrogens with one attached hydrogen (secondary N) is 1. The van der Waals surface area contributed by atoms with Gasteiger partial charge in [0.2, 0.25) is 0 Å². The van der Waals surface area contributed by atoms with E-state index in [-0.39, 0.29) is 0 Å². The van der Waals surface area contributed by atoms with E-state index in [1.165, 1.54) is 0 Å². The fourth-order valence-corrected chi connectivity index (χ4v) is 1.96. The molecule has 0 aromatic carbocycles. The lowest BCUT2D eigenvalue weighted by Crippen LogP contribution is -2.74. The van der Waals surface area contributed by atoms with Gasteiger partial charge in [0.05, 0.1) is 0 Å². The summed E-state index contributed by atoms with van der Waals surface area (Å²) in [7, 11) is 0.658. The van der Waals surface area contributed by atoms with Crippen molar-refractivity contribution in [3.8, 4) is 0 Å². The molecule has 0 heterocycles. The Balaban J connectivity index is 2.97. The number of carboxylic acid groups (broad SMARTS) is 1. The van der Waals surface area contributed by atoms with Gasteiger partial charge in [0.15, 0.2) is 5.60 Å². The number of carbonyl (C=O) groups is 2. The average molecular weight is 309 g/mol. The molecule has 0 bridgehead atoms. The normalized spacial score (nSPS) is 30.6. The molecular weight excluding hydrogens is 300 g/mol. The summed E-state index contributed by atoms with van der Waals surface area (Å²) in [5, 5.41) is 9.87. The predicted octanol–water partition coefficient (Wildman–Crippen LogP) is 1.23. The molecule has 1 saturated carbocycles. The SMILES string of the molecule is COC1(C(F)(F)F)CC(NC(=O)C(F)(F)F)(C(=O)O)C1. The third-order valence-electron chi connectivity index (χ3n) is 3.10. The van der Waals surface area contributed by atoms with Gasteiger partial charge in [0, 0.05) is 20.0 Å². The minimum atomic E-state index is -5.40. The van der Waals surface area contributed by atoms with Crippen molar-refractivity contribution >= 4 is 11.9 Å². The van der Waals surface area contributed by atoms with Crippen LogP contribution in [0.25, 0.3) is 0 Å². The van der Waals surface area contributed by atoms with E-state index in [4.69, 9.17) is 5.11 Å². The number of halogens is 6. The lowest BCUT2D eigenvalue weighted by atomic mass is 9.64. The highest BCUT2D eigenvalue weighted by Gasteiger charge is 2.72. The molecule has 0 radical (unpaired) electrons. The van der Waals surface area contributed by atoms with Crippen molar-refractivity contribution in [3.63, 3.8) is 0 Å². The van der Waals surface area contributed by atoms with Crippen molar-refractivity contribution in [1.82, 2.24) is 5.32 Å². The Kier molecular flexibility index (Phi) is 3.72. The van der Waals surface area contributed by atoms with Crippen LogP contribution < -0.4 is 5.32 Å². The summed E-state index contributed by atoms with van der Waals surface area (Å²) >= 11 is 0. The van der Waals surface area contributed by atoms with Crippen molar-refractivity contribution < 1.29 is 45.8 Å². The summed E-state index contributed by atoms with van der Waals surface area (Å²) in [6, 6.07) is 0. The molecule has 0 unspecified atom stereocenters. The van der Waals surface area contributed by atoms with E-state index in [0.717, 1.165) is 5.32 Å². The first-order valence-electron chi connectivity index (χ1n) is 5.04. The number of carbonyl (C=O) groups excluding carboxylic acids is 1. The van der Waals surface area contributed by atoms with Gasteiger partial charge in [0.25, 0.3) is 0 Å². The molecule has 2 N–H and O–H groups in total. The number of aliphatic carboxylic acids is 1. The molecule has 1 fully saturated rings. The summed E-state index contributed by atoms with van der Waals surface area (Å²) in [5.41, 5.74) is -5.54. The van der Waals surface area contributed by atoms with Crippen LogP contribution in [-0.2, 0) is 14.3 Å². The Morgan fingerprint density at radius 2 is 1.60 bits per heavy atom. The van der Waals surface area contributed by atoms with E-state index >= 15 is 0 Å². The Morgan fingerprint density at radius 1 is 1.15 bits per heavy atom. The maximum Gasteiger partial charge on any atom is 0.471 e. The lowest BCUT2D eigenvalue weighted by Gasteiger charge is -2.52. The monoisotopic (exact) mass is 309 g/mol. The molecule has 0 aromatic rings. The zero-order chi connectivity index (χ0) is 16.0. The first kappa shape index (κ1) is 16.5. The molecule has 5 nitrogen and oxygen atoms in total. The van der Waals surface area contributed by atoms with Crippen LogP contribution in [0.1, 0.15) is 12.8 Å². The van der Waals surface area contributed by atoms with Crippen molar-refractivity contribution in [2.45, 2.75) is 36.3 Å². The highest BCUT2D eigenvalue weighted by atomic mass is 19.4. The van der Waals surface area contributed by atoms with Crippen molar-refractivity contribution in [2.75, 3.05) is 7.11 Å². The molecular formula is C9H9F6NO4. The van der Waals surface area contributed by atoms with Crippen LogP contribution in [0.15, 0.2) is 0 Å². The van der Waals surface area contributed by atoms with Gasteiger partial charge in [-0.3, -0.25) is 4.79 Å². The maximum absolute atomic E-state index is 12.7. The van der Waals surface area contributed by atoms with E-state index in [1.54, 1.807) is 0 Å². The van der Waals surface area contributed by atoms with E-state index in [9.17, 15) is 35.9 Å². The van der Waals surface area contributed by atoms with Gasteiger partial charge >= 0.3 is 24.2 Å². The zero-order valence-electron chi connectivity index (χ0n) is 9.85. The first-order chi connectivity index (χ1) is 8.80. The largest absolute Gasteiger partial charge is 0.480 e. The highest BCUT2D eigenvalue weighted by Crippen LogP contribution is 2.53. The van der Waals surface area contributed by atoms with Crippen LogP contribution in [0, 0.1) is 0 Å². The van der Waals surface area contributed by atoms with Crippen LogP contribution in [0.2, 0.25) is 0 Å². The molecule has 1 aliphatic rings. The third-order valence-corrected chi connectivity index (χ3v) is 3.10. The first-order valence-corrected chi connectivity index (χ1v) is 5.04. The van der Waals surface area contributed by atoms with Crippen molar-refractivity contribution in [2.24, 2.45) is 0 Å². The van der Waals surface area contributed by atoms with Crippen LogP contribution in [-0.4, -0.2) is 47.6 Å². The zero-order valence-corrected chi connectivity index (χ0v) is 9.85. The second-order valence-corrected chi connectivity index (χ2v) is 4.39. The van der Waals surface area contributed by atoms with Crippen molar-refractivity contribution in [1.29, 1.82) is 0 Å². The van der Waals surface area contributed by atoms with Gasteiger partial charge in [-0.05, 0) is 0 Å². The van der Waals surface area contributed by atoms with Gasteiger partial charge < -0.3 is 15.2 Å². The number of rotatable bonds is 3. The molecule has 20 heavy (non-hydrogen) atoms. The molecule has 0 spiro atoms. The summed E-state index contributed by atoms with van der Waals surface area (Å²) in [5.74, 6) is -4.61. The molecule has 0 aliphatic heterocycles. The molecule has 1 rings (SSSR count). The molecule has 1 aliphatic carbocycles. The van der Waals surface area contributed by atoms with Crippen LogP contribution in [0.3, 0.4) is 0 Å². The van der Waals surface area contributed by atoms with E-state index in [0.29, 0.717) is 7.11 Å². The summed E-state index contributed by atoms with van der Waals surface area (Å²) in [6.45, 7) is 0. The minimum Gasteiger partial charge on any atom is -0.480 e. The molecule has 0 saturated heterocycles. The van der Waals surface area contributed by atoms with Gasteiger partial charge in [-0.2, -0.15) is 26.3 Å². The molecule has 0 atom stereocenters. The fraction of sp³-hybridized carbons (Fsp3) is 0.778. The highest BCUT2D eigenvalue weighted by molar-refractivity contribution is 5.90. The van der Waals surface area contributed by atoms with Crippen molar-refractivity contribution in [3.05, 3.63) is 0 Å². The predicted molar refractivity (Wildman–Crippen MR) is 49.6 cm³/mol. The number of hydrogen-bond acceptors (Lipinski definition) is 3. The standard InChI is InChI=1S/C9H9F6NO4/c1-20-7(9(13,14)15)2-6(3-7,5(18)19)16-4(17)8(10,11)12/h2-3H2,1H3,(H,16,17)(H,18,19). The van der Waals surface area contributed by atoms with Gasteiger partial charge in [-0.25, -0.2) is 4.79 Å². The Labute approximate surface area is 107 Å². The second-order valence-electron chi connectivity index (χ2n) is 4.39.